The molecule has 0 radical (unpaired) electrons. The largest absolute Gasteiger partial charge is 0.338 e. The second kappa shape index (κ2) is 7.03. The molecule has 0 saturated carbocycles. The third kappa shape index (κ3) is 3.84. The average Bonchev–Trinajstić information content (AvgIpc) is 3.05. The highest BCUT2D eigenvalue weighted by Gasteiger charge is 2.05. The first kappa shape index (κ1) is 15.9. The van der Waals surface area contributed by atoms with E-state index in [1.54, 1.807) is 0 Å². The van der Waals surface area contributed by atoms with Gasteiger partial charge >= 0.3 is 0 Å². The standard InChI is InChI=1S/C19H16Cl2N2/c1-13(15-8-10-17(20)18(21)11-15)7-9-16-12-22-19(23-16)14-5-3-2-4-6-14/h2-13H,1H3,(H,22,23)/t13-/m0/s1. The van der Waals surface area contributed by atoms with Gasteiger partial charge in [0.05, 0.1) is 21.9 Å². The van der Waals surface area contributed by atoms with Crippen LogP contribution in [0.25, 0.3) is 17.5 Å². The lowest BCUT2D eigenvalue weighted by atomic mass is 10.0. The van der Waals surface area contributed by atoms with Crippen LogP contribution in [-0.2, 0) is 0 Å². The van der Waals surface area contributed by atoms with Crippen molar-refractivity contribution in [2.45, 2.75) is 12.8 Å². The third-order valence-corrected chi connectivity index (χ3v) is 4.42. The maximum absolute atomic E-state index is 6.07. The molecule has 1 aromatic heterocycles. The number of H-pyrrole nitrogens is 1. The minimum absolute atomic E-state index is 0.230. The summed E-state index contributed by atoms with van der Waals surface area (Å²) in [5.41, 5.74) is 3.17. The van der Waals surface area contributed by atoms with E-state index in [2.05, 4.69) is 23.0 Å². The monoisotopic (exact) mass is 342 g/mol. The van der Waals surface area contributed by atoms with Crippen LogP contribution in [0, 0.1) is 0 Å². The predicted octanol–water partition coefficient (Wildman–Crippen LogP) is 6.20. The molecule has 0 aliphatic heterocycles. The minimum atomic E-state index is 0.230. The van der Waals surface area contributed by atoms with E-state index in [1.807, 2.05) is 60.8 Å². The normalized spacial score (nSPS) is 12.7. The maximum Gasteiger partial charge on any atom is 0.137 e. The van der Waals surface area contributed by atoms with Gasteiger partial charge in [0.2, 0.25) is 0 Å². The molecule has 0 saturated heterocycles. The fourth-order valence-corrected chi connectivity index (χ4v) is 2.62. The molecule has 0 amide bonds. The van der Waals surface area contributed by atoms with Gasteiger partial charge in [-0.15, -0.1) is 0 Å². The van der Waals surface area contributed by atoms with E-state index in [0.29, 0.717) is 10.0 Å². The summed E-state index contributed by atoms with van der Waals surface area (Å²) in [4.78, 5) is 7.73. The lowest BCUT2D eigenvalue weighted by Gasteiger charge is -2.07. The maximum atomic E-state index is 6.07. The molecule has 0 fully saturated rings. The lowest BCUT2D eigenvalue weighted by Crippen LogP contribution is -1.89. The number of hydrogen-bond acceptors (Lipinski definition) is 1. The van der Waals surface area contributed by atoms with Crippen LogP contribution in [0.3, 0.4) is 0 Å². The molecule has 0 unspecified atom stereocenters. The van der Waals surface area contributed by atoms with Gasteiger partial charge in [-0.3, -0.25) is 0 Å². The van der Waals surface area contributed by atoms with Crippen LogP contribution in [0.2, 0.25) is 10.0 Å². The molecule has 3 rings (SSSR count). The number of benzene rings is 2. The Morgan fingerprint density at radius 2 is 1.83 bits per heavy atom. The minimum Gasteiger partial charge on any atom is -0.338 e. The molecular weight excluding hydrogens is 327 g/mol. The molecule has 0 spiro atoms. The zero-order chi connectivity index (χ0) is 16.2. The van der Waals surface area contributed by atoms with Gasteiger partial charge in [0, 0.05) is 5.56 Å². The van der Waals surface area contributed by atoms with Crippen molar-refractivity contribution < 1.29 is 0 Å². The van der Waals surface area contributed by atoms with Gasteiger partial charge in [-0.2, -0.15) is 0 Å². The lowest BCUT2D eigenvalue weighted by molar-refractivity contribution is 0.972. The molecule has 1 heterocycles. The van der Waals surface area contributed by atoms with Crippen molar-refractivity contribution in [1.82, 2.24) is 9.97 Å². The van der Waals surface area contributed by atoms with Crippen LogP contribution in [0.4, 0.5) is 0 Å². The summed E-state index contributed by atoms with van der Waals surface area (Å²) < 4.78 is 0. The Morgan fingerprint density at radius 3 is 2.57 bits per heavy atom. The summed E-state index contributed by atoms with van der Waals surface area (Å²) >= 11 is 12.0. The second-order valence-electron chi connectivity index (χ2n) is 5.37. The highest BCUT2D eigenvalue weighted by Crippen LogP contribution is 2.27. The van der Waals surface area contributed by atoms with Crippen molar-refractivity contribution in [3.63, 3.8) is 0 Å². The van der Waals surface area contributed by atoms with Crippen LogP contribution in [0.15, 0.2) is 60.8 Å². The van der Waals surface area contributed by atoms with E-state index >= 15 is 0 Å². The number of rotatable bonds is 4. The highest BCUT2D eigenvalue weighted by atomic mass is 35.5. The summed E-state index contributed by atoms with van der Waals surface area (Å²) in [6.07, 6.45) is 5.98. The van der Waals surface area contributed by atoms with Crippen molar-refractivity contribution in [3.05, 3.63) is 82.1 Å². The van der Waals surface area contributed by atoms with Gasteiger partial charge in [-0.05, 0) is 29.7 Å². The SMILES string of the molecule is C[C@@H](C=Cc1cnc(-c2ccccc2)[nH]1)c1ccc(Cl)c(Cl)c1. The first-order valence-electron chi connectivity index (χ1n) is 7.37. The number of nitrogens with zero attached hydrogens (tertiary/aromatic N) is 1. The molecule has 0 bridgehead atoms. The van der Waals surface area contributed by atoms with Gasteiger partial charge in [0.25, 0.3) is 0 Å². The van der Waals surface area contributed by atoms with Crippen molar-refractivity contribution in [2.24, 2.45) is 0 Å². The molecule has 2 aromatic carbocycles. The first-order chi connectivity index (χ1) is 11.1. The molecule has 3 aromatic rings. The predicted molar refractivity (Wildman–Crippen MR) is 97.9 cm³/mol. The number of imidazole rings is 1. The average molecular weight is 343 g/mol. The fraction of sp³-hybridized carbons (Fsp3) is 0.105. The van der Waals surface area contributed by atoms with Gasteiger partial charge < -0.3 is 4.98 Å². The number of aromatic amines is 1. The zero-order valence-electron chi connectivity index (χ0n) is 12.6. The molecular formula is C19H16Cl2N2. The van der Waals surface area contributed by atoms with E-state index in [4.69, 9.17) is 23.2 Å². The Morgan fingerprint density at radius 1 is 1.04 bits per heavy atom. The van der Waals surface area contributed by atoms with Crippen molar-refractivity contribution >= 4 is 29.3 Å². The van der Waals surface area contributed by atoms with Crippen LogP contribution < -0.4 is 0 Å². The summed E-state index contributed by atoms with van der Waals surface area (Å²) in [7, 11) is 0. The van der Waals surface area contributed by atoms with Crippen LogP contribution in [-0.4, -0.2) is 9.97 Å². The molecule has 1 N–H and O–H groups in total. The summed E-state index contributed by atoms with van der Waals surface area (Å²) in [5.74, 6) is 1.10. The fourth-order valence-electron chi connectivity index (χ4n) is 2.32. The van der Waals surface area contributed by atoms with Crippen LogP contribution >= 0.6 is 23.2 Å². The Balaban J connectivity index is 1.75. The van der Waals surface area contributed by atoms with Gasteiger partial charge in [-0.1, -0.05) is 72.6 Å². The van der Waals surface area contributed by atoms with Gasteiger partial charge in [0.15, 0.2) is 0 Å². The number of allylic oxidation sites excluding steroid dienone is 1. The Labute approximate surface area is 145 Å². The zero-order valence-corrected chi connectivity index (χ0v) is 14.1. The molecule has 2 nitrogen and oxygen atoms in total. The summed E-state index contributed by atoms with van der Waals surface area (Å²) in [6.45, 7) is 2.12. The summed E-state index contributed by atoms with van der Waals surface area (Å²) in [5, 5.41) is 1.16. The smallest absolute Gasteiger partial charge is 0.137 e. The van der Waals surface area contributed by atoms with E-state index < -0.39 is 0 Å². The van der Waals surface area contributed by atoms with Crippen molar-refractivity contribution in [3.8, 4) is 11.4 Å². The van der Waals surface area contributed by atoms with Gasteiger partial charge in [-0.25, -0.2) is 4.98 Å². The van der Waals surface area contributed by atoms with E-state index in [0.717, 1.165) is 22.6 Å². The van der Waals surface area contributed by atoms with E-state index in [1.165, 1.54) is 0 Å². The molecule has 0 aliphatic carbocycles. The van der Waals surface area contributed by atoms with E-state index in [-0.39, 0.29) is 5.92 Å². The Kier molecular flexibility index (Phi) is 4.85. The Hall–Kier alpha value is -2.03. The summed E-state index contributed by atoms with van der Waals surface area (Å²) in [6, 6.07) is 15.8. The Bertz CT molecular complexity index is 822. The first-order valence-corrected chi connectivity index (χ1v) is 8.12. The molecule has 1 atom stereocenters. The number of aromatic nitrogens is 2. The molecule has 23 heavy (non-hydrogen) atoms. The van der Waals surface area contributed by atoms with Crippen molar-refractivity contribution in [1.29, 1.82) is 0 Å². The van der Waals surface area contributed by atoms with Crippen LogP contribution in [0.5, 0.6) is 0 Å². The number of hydrogen-bond donors (Lipinski definition) is 1. The van der Waals surface area contributed by atoms with E-state index in [9.17, 15) is 0 Å². The highest BCUT2D eigenvalue weighted by molar-refractivity contribution is 6.42. The quantitative estimate of drug-likeness (QED) is 0.600. The van der Waals surface area contributed by atoms with Gasteiger partial charge in [0.1, 0.15) is 5.82 Å². The van der Waals surface area contributed by atoms with Crippen LogP contribution in [0.1, 0.15) is 24.1 Å². The second-order valence-corrected chi connectivity index (χ2v) is 6.19. The molecule has 116 valence electrons. The number of halogens is 2. The molecule has 4 heteroatoms. The third-order valence-electron chi connectivity index (χ3n) is 3.68. The number of nitrogens with one attached hydrogen (secondary N) is 1. The van der Waals surface area contributed by atoms with Crippen molar-refractivity contribution in [2.75, 3.05) is 0 Å². The molecule has 0 aliphatic rings. The topological polar surface area (TPSA) is 28.7 Å².